The summed E-state index contributed by atoms with van der Waals surface area (Å²) in [6, 6.07) is 3.28. The fraction of sp³-hybridized carbons (Fsp3) is 0.593. The minimum absolute atomic E-state index is 0.104. The van der Waals surface area contributed by atoms with E-state index in [0.717, 1.165) is 36.3 Å². The van der Waals surface area contributed by atoms with Crippen molar-refractivity contribution < 1.29 is 32.3 Å². The van der Waals surface area contributed by atoms with Gasteiger partial charge in [-0.15, -0.1) is 0 Å². The second-order valence-corrected chi connectivity index (χ2v) is 11.8. The number of nitrogens with zero attached hydrogens (tertiary/aromatic N) is 4. The van der Waals surface area contributed by atoms with Crippen LogP contribution in [0.5, 0.6) is 5.75 Å². The van der Waals surface area contributed by atoms with Gasteiger partial charge in [0.15, 0.2) is 0 Å². The standard InChI is InChI=1S/C13H25NO.C12H10N4O2.C2H2F3NO/c1-10-8-14(9-13(10,5)6)11(15)7-12(2,3)4;13-5-10(14-7-17)9-6-15-16-3-1-8-2-4-18-12(8)11(9)16;3-2(4,5)1(6)7/h10H,7-9H2,1-6H3;1,3,6-7,10H,2,4H2,(H,14,17);(H2,6,7)/t10-;;/m0../s1. The third-order valence-electron chi connectivity index (χ3n) is 6.78. The number of pyridine rings is 1. The number of amides is 3. The van der Waals surface area contributed by atoms with Gasteiger partial charge in [-0.3, -0.25) is 14.4 Å². The van der Waals surface area contributed by atoms with Crippen LogP contribution < -0.4 is 15.8 Å². The van der Waals surface area contributed by atoms with Gasteiger partial charge >= 0.3 is 12.1 Å². The molecule has 0 spiro atoms. The van der Waals surface area contributed by atoms with Crippen LogP contribution in [-0.4, -0.2) is 58.6 Å². The van der Waals surface area contributed by atoms with Crippen LogP contribution in [-0.2, 0) is 20.8 Å². The number of ether oxygens (including phenoxy) is 1. The van der Waals surface area contributed by atoms with Crippen molar-refractivity contribution in [3.05, 3.63) is 29.6 Å². The molecule has 2 aliphatic heterocycles. The fourth-order valence-corrected chi connectivity index (χ4v) is 4.25. The van der Waals surface area contributed by atoms with Crippen LogP contribution in [0, 0.1) is 28.1 Å². The Labute approximate surface area is 231 Å². The number of carbonyl (C=O) groups excluding carboxylic acids is 3. The number of nitrogens with one attached hydrogen (secondary N) is 1. The van der Waals surface area contributed by atoms with Crippen LogP contribution in [0.3, 0.4) is 0 Å². The smallest absolute Gasteiger partial charge is 0.470 e. The lowest BCUT2D eigenvalue weighted by atomic mass is 9.84. The average Bonchev–Trinajstić information content (AvgIpc) is 3.53. The summed E-state index contributed by atoms with van der Waals surface area (Å²) in [5.74, 6) is -0.563. The largest absolute Gasteiger partial charge is 0.491 e. The van der Waals surface area contributed by atoms with Crippen LogP contribution in [0.15, 0.2) is 18.5 Å². The Kier molecular flexibility index (Phi) is 10.2. The molecule has 0 radical (unpaired) electrons. The second kappa shape index (κ2) is 12.6. The van der Waals surface area contributed by atoms with E-state index in [1.807, 2.05) is 23.2 Å². The molecule has 10 nitrogen and oxygen atoms in total. The Bertz CT molecular complexity index is 1260. The number of fused-ring (bicyclic) bond motifs is 3. The highest BCUT2D eigenvalue weighted by Crippen LogP contribution is 2.36. The lowest BCUT2D eigenvalue weighted by Crippen LogP contribution is -2.32. The molecule has 3 amide bonds. The highest BCUT2D eigenvalue weighted by Gasteiger charge is 2.39. The van der Waals surface area contributed by atoms with Crippen LogP contribution in [0.4, 0.5) is 13.2 Å². The first kappa shape index (κ1) is 32.4. The summed E-state index contributed by atoms with van der Waals surface area (Å²) >= 11 is 0. The van der Waals surface area contributed by atoms with E-state index in [9.17, 15) is 22.8 Å². The predicted molar refractivity (Wildman–Crippen MR) is 141 cm³/mol. The van der Waals surface area contributed by atoms with Gasteiger partial charge in [-0.1, -0.05) is 41.5 Å². The molecule has 13 heteroatoms. The third kappa shape index (κ3) is 8.34. The van der Waals surface area contributed by atoms with Gasteiger partial charge in [0.25, 0.3) is 0 Å². The molecule has 220 valence electrons. The summed E-state index contributed by atoms with van der Waals surface area (Å²) in [6.45, 7) is 15.6. The van der Waals surface area contributed by atoms with Crippen molar-refractivity contribution in [3.63, 3.8) is 0 Å². The summed E-state index contributed by atoms with van der Waals surface area (Å²) in [4.78, 5) is 33.7. The maximum atomic E-state index is 12.0. The number of nitriles is 1. The number of carbonyl (C=O) groups is 3. The topological polar surface area (TPSA) is 143 Å². The number of aromatic nitrogens is 2. The van der Waals surface area contributed by atoms with E-state index in [1.165, 1.54) is 0 Å². The number of rotatable bonds is 4. The van der Waals surface area contributed by atoms with E-state index < -0.39 is 18.1 Å². The van der Waals surface area contributed by atoms with Gasteiger partial charge in [-0.2, -0.15) is 23.5 Å². The van der Waals surface area contributed by atoms with Crippen LogP contribution in [0.2, 0.25) is 0 Å². The second-order valence-electron chi connectivity index (χ2n) is 11.8. The zero-order chi connectivity index (χ0) is 30.5. The molecule has 2 atom stereocenters. The highest BCUT2D eigenvalue weighted by molar-refractivity contribution is 5.79. The molecular weight excluding hydrogens is 529 g/mol. The molecule has 2 aromatic rings. The van der Waals surface area contributed by atoms with Gasteiger partial charge in [0.05, 0.1) is 18.9 Å². The molecule has 0 aromatic carbocycles. The SMILES string of the molecule is C[C@H]1CN(C(=O)CC(C)(C)C)CC1(C)C.N#CC(NC=O)c1cnn2ccc3c(c12)OCC3.NC(=O)C(F)(F)F. The summed E-state index contributed by atoms with van der Waals surface area (Å²) in [6.07, 6.45) is 0.593. The monoisotopic (exact) mass is 566 g/mol. The van der Waals surface area contributed by atoms with Gasteiger partial charge in [0, 0.05) is 43.3 Å². The number of alkyl halides is 3. The number of halogens is 3. The van der Waals surface area contributed by atoms with E-state index in [4.69, 9.17) is 14.8 Å². The normalized spacial score (nSPS) is 18.2. The van der Waals surface area contributed by atoms with Gasteiger partial charge < -0.3 is 20.7 Å². The highest BCUT2D eigenvalue weighted by atomic mass is 19.4. The van der Waals surface area contributed by atoms with E-state index in [-0.39, 0.29) is 10.8 Å². The van der Waals surface area contributed by atoms with Crippen molar-refractivity contribution in [2.75, 3.05) is 19.7 Å². The molecule has 4 rings (SSSR count). The van der Waals surface area contributed by atoms with E-state index >= 15 is 0 Å². The van der Waals surface area contributed by atoms with Crippen molar-refractivity contribution in [2.45, 2.75) is 66.6 Å². The molecule has 3 N–H and O–H groups in total. The first-order valence-electron chi connectivity index (χ1n) is 12.8. The summed E-state index contributed by atoms with van der Waals surface area (Å²) < 4.78 is 39.4. The molecule has 0 bridgehead atoms. The first-order chi connectivity index (χ1) is 18.4. The lowest BCUT2D eigenvalue weighted by molar-refractivity contribution is -0.169. The first-order valence-corrected chi connectivity index (χ1v) is 12.8. The van der Waals surface area contributed by atoms with Gasteiger partial charge in [0.2, 0.25) is 12.3 Å². The van der Waals surface area contributed by atoms with Gasteiger partial charge in [-0.25, -0.2) is 4.52 Å². The van der Waals surface area contributed by atoms with Crippen molar-refractivity contribution in [2.24, 2.45) is 22.5 Å². The maximum Gasteiger partial charge on any atom is 0.470 e. The average molecular weight is 567 g/mol. The van der Waals surface area contributed by atoms with Crippen molar-refractivity contribution in [1.82, 2.24) is 19.8 Å². The minimum Gasteiger partial charge on any atom is -0.491 e. The Hall–Kier alpha value is -3.82. The Balaban J connectivity index is 0.000000231. The van der Waals surface area contributed by atoms with Crippen molar-refractivity contribution >= 4 is 23.7 Å². The molecule has 0 saturated carbocycles. The molecule has 0 aliphatic carbocycles. The van der Waals surface area contributed by atoms with Crippen molar-refractivity contribution in [1.29, 1.82) is 5.26 Å². The molecule has 4 heterocycles. The van der Waals surface area contributed by atoms with Crippen molar-refractivity contribution in [3.8, 4) is 11.8 Å². The van der Waals surface area contributed by atoms with E-state index in [2.05, 4.69) is 57.7 Å². The zero-order valence-corrected chi connectivity index (χ0v) is 23.6. The Morgan fingerprint density at radius 1 is 1.35 bits per heavy atom. The molecular formula is C27H37F3N6O4. The molecule has 1 unspecified atom stereocenters. The molecule has 2 aliphatic rings. The maximum absolute atomic E-state index is 12.0. The molecule has 1 saturated heterocycles. The number of hydrogen-bond donors (Lipinski definition) is 2. The number of nitrogens with two attached hydrogens (primary N) is 1. The summed E-state index contributed by atoms with van der Waals surface area (Å²) in [7, 11) is 0. The summed E-state index contributed by atoms with van der Waals surface area (Å²) in [5.41, 5.74) is 6.71. The minimum atomic E-state index is -4.86. The lowest BCUT2D eigenvalue weighted by Gasteiger charge is -2.24. The Morgan fingerprint density at radius 3 is 2.45 bits per heavy atom. The zero-order valence-electron chi connectivity index (χ0n) is 23.6. The van der Waals surface area contributed by atoms with Crippen LogP contribution in [0.25, 0.3) is 5.52 Å². The van der Waals surface area contributed by atoms with Gasteiger partial charge in [0.1, 0.15) is 17.3 Å². The number of hydrogen-bond acceptors (Lipinski definition) is 6. The number of likely N-dealkylation sites (tertiary alicyclic amines) is 1. The van der Waals surface area contributed by atoms with Crippen LogP contribution >= 0.6 is 0 Å². The van der Waals surface area contributed by atoms with E-state index in [0.29, 0.717) is 36.8 Å². The third-order valence-corrected chi connectivity index (χ3v) is 6.78. The predicted octanol–water partition coefficient (Wildman–Crippen LogP) is 3.54. The van der Waals surface area contributed by atoms with Crippen LogP contribution in [0.1, 0.15) is 65.1 Å². The molecule has 2 aromatic heterocycles. The van der Waals surface area contributed by atoms with E-state index in [1.54, 1.807) is 10.7 Å². The Morgan fingerprint density at radius 2 is 1.98 bits per heavy atom. The number of primary amides is 1. The van der Waals surface area contributed by atoms with Gasteiger partial charge in [-0.05, 0) is 22.8 Å². The molecule has 40 heavy (non-hydrogen) atoms. The molecule has 1 fully saturated rings. The quantitative estimate of drug-likeness (QED) is 0.542. The fourth-order valence-electron chi connectivity index (χ4n) is 4.25. The summed E-state index contributed by atoms with van der Waals surface area (Å²) in [5, 5.41) is 15.7.